The van der Waals surface area contributed by atoms with Crippen molar-refractivity contribution < 1.29 is 4.74 Å². The Morgan fingerprint density at radius 2 is 1.90 bits per heavy atom. The fraction of sp³-hybridized carbons (Fsp3) is 0.0625. The quantitative estimate of drug-likeness (QED) is 0.581. The molecule has 4 heteroatoms. The second-order valence-corrected chi connectivity index (χ2v) is 5.45. The zero-order valence-electron chi connectivity index (χ0n) is 10.5. The van der Waals surface area contributed by atoms with Crippen molar-refractivity contribution in [1.82, 2.24) is 4.98 Å². The lowest BCUT2D eigenvalue weighted by Gasteiger charge is -2.10. The first-order chi connectivity index (χ1) is 9.78. The minimum absolute atomic E-state index is 0.481. The van der Waals surface area contributed by atoms with Gasteiger partial charge in [-0.1, -0.05) is 24.3 Å². The molecule has 3 aromatic rings. The summed E-state index contributed by atoms with van der Waals surface area (Å²) in [6.45, 7) is 0. The van der Waals surface area contributed by atoms with E-state index in [9.17, 15) is 0 Å². The Bertz CT molecular complexity index is 755. The number of hydrogen-bond acceptors (Lipinski definition) is 2. The number of nitrogens with zero attached hydrogens (tertiary/aromatic N) is 1. The number of para-hydroxylation sites is 1. The van der Waals surface area contributed by atoms with E-state index in [2.05, 4.69) is 20.9 Å². The molecule has 1 heterocycles. The zero-order valence-corrected chi connectivity index (χ0v) is 12.9. The molecule has 0 saturated carbocycles. The summed E-state index contributed by atoms with van der Waals surface area (Å²) < 4.78 is 6.85. The number of rotatable bonds is 3. The summed E-state index contributed by atoms with van der Waals surface area (Å²) in [7, 11) is 0. The van der Waals surface area contributed by atoms with Crippen LogP contribution >= 0.6 is 27.5 Å². The van der Waals surface area contributed by atoms with E-state index in [1.807, 2.05) is 48.5 Å². The average Bonchev–Trinajstić information content (AvgIpc) is 2.49. The van der Waals surface area contributed by atoms with E-state index in [0.29, 0.717) is 5.88 Å². The largest absolute Gasteiger partial charge is 0.454 e. The fourth-order valence-corrected chi connectivity index (χ4v) is 2.66. The Labute approximate surface area is 130 Å². The van der Waals surface area contributed by atoms with Crippen molar-refractivity contribution in [1.29, 1.82) is 0 Å². The summed E-state index contributed by atoms with van der Waals surface area (Å²) in [6.07, 6.45) is 1.76. The predicted octanol–water partition coefficient (Wildman–Crippen LogP) is 5.53. The molecule has 100 valence electrons. The van der Waals surface area contributed by atoms with Gasteiger partial charge in [0.15, 0.2) is 5.75 Å². The molecule has 0 aliphatic heterocycles. The van der Waals surface area contributed by atoms with Crippen LogP contribution in [-0.2, 0) is 5.88 Å². The lowest BCUT2D eigenvalue weighted by molar-refractivity contribution is 0.484. The van der Waals surface area contributed by atoms with Crippen LogP contribution in [-0.4, -0.2) is 4.98 Å². The first-order valence-corrected chi connectivity index (χ1v) is 7.46. The molecular formula is C16H11BrClNO. The van der Waals surface area contributed by atoms with E-state index in [0.717, 1.165) is 32.4 Å². The van der Waals surface area contributed by atoms with Crippen LogP contribution in [0, 0.1) is 0 Å². The van der Waals surface area contributed by atoms with Gasteiger partial charge in [0.25, 0.3) is 0 Å². The van der Waals surface area contributed by atoms with Gasteiger partial charge in [0.2, 0.25) is 0 Å². The molecule has 0 bridgehead atoms. The van der Waals surface area contributed by atoms with Gasteiger partial charge in [-0.2, -0.15) is 0 Å². The van der Waals surface area contributed by atoms with Gasteiger partial charge in [0, 0.05) is 17.5 Å². The molecule has 0 fully saturated rings. The molecule has 0 atom stereocenters. The predicted molar refractivity (Wildman–Crippen MR) is 85.5 cm³/mol. The van der Waals surface area contributed by atoms with Gasteiger partial charge in [0.1, 0.15) is 11.3 Å². The maximum Gasteiger partial charge on any atom is 0.153 e. The molecule has 0 amide bonds. The van der Waals surface area contributed by atoms with Gasteiger partial charge >= 0.3 is 0 Å². The summed E-state index contributed by atoms with van der Waals surface area (Å²) in [5, 5.41) is 1.05. The van der Waals surface area contributed by atoms with Gasteiger partial charge in [-0.25, -0.2) is 0 Å². The van der Waals surface area contributed by atoms with Gasteiger partial charge in [-0.3, -0.25) is 4.98 Å². The lowest BCUT2D eigenvalue weighted by Crippen LogP contribution is -1.89. The highest BCUT2D eigenvalue weighted by Gasteiger charge is 2.07. The summed E-state index contributed by atoms with van der Waals surface area (Å²) in [6, 6.07) is 15.6. The molecular weight excluding hydrogens is 338 g/mol. The summed E-state index contributed by atoms with van der Waals surface area (Å²) in [5.41, 5.74) is 1.89. The minimum atomic E-state index is 0.481. The molecule has 1 aromatic heterocycles. The number of hydrogen-bond donors (Lipinski definition) is 0. The third kappa shape index (κ3) is 2.65. The normalized spacial score (nSPS) is 10.7. The molecule has 0 radical (unpaired) electrons. The minimum Gasteiger partial charge on any atom is -0.454 e. The fourth-order valence-electron chi connectivity index (χ4n) is 1.99. The van der Waals surface area contributed by atoms with Crippen molar-refractivity contribution >= 4 is 38.4 Å². The highest BCUT2D eigenvalue weighted by molar-refractivity contribution is 9.10. The van der Waals surface area contributed by atoms with Gasteiger partial charge in [-0.15, -0.1) is 11.6 Å². The lowest BCUT2D eigenvalue weighted by atomic mass is 10.2. The molecule has 0 spiro atoms. The molecule has 2 aromatic carbocycles. The molecule has 3 rings (SSSR count). The number of ether oxygens (including phenoxy) is 1. The number of pyridine rings is 1. The third-order valence-corrected chi connectivity index (χ3v) is 3.89. The standard InChI is InChI=1S/C16H11BrClNO/c17-13-9-11(10-18)6-7-14(13)20-15-5-1-3-12-4-2-8-19-16(12)15/h1-9H,10H2. The molecule has 0 aliphatic rings. The Morgan fingerprint density at radius 1 is 1.05 bits per heavy atom. The SMILES string of the molecule is ClCc1ccc(Oc2cccc3cccnc23)c(Br)c1. The zero-order chi connectivity index (χ0) is 13.9. The first kappa shape index (κ1) is 13.4. The van der Waals surface area contributed by atoms with Gasteiger partial charge < -0.3 is 4.74 Å². The summed E-state index contributed by atoms with van der Waals surface area (Å²) in [5.74, 6) is 1.97. The van der Waals surface area contributed by atoms with Crippen LogP contribution in [0.15, 0.2) is 59.2 Å². The average molecular weight is 349 g/mol. The van der Waals surface area contributed by atoms with Crippen LogP contribution in [0.2, 0.25) is 0 Å². The second-order valence-electron chi connectivity index (χ2n) is 4.33. The second kappa shape index (κ2) is 5.81. The topological polar surface area (TPSA) is 22.1 Å². The van der Waals surface area contributed by atoms with Crippen molar-refractivity contribution in [2.24, 2.45) is 0 Å². The first-order valence-electron chi connectivity index (χ1n) is 6.14. The van der Waals surface area contributed by atoms with E-state index in [1.54, 1.807) is 6.20 Å². The highest BCUT2D eigenvalue weighted by Crippen LogP contribution is 2.33. The monoisotopic (exact) mass is 347 g/mol. The van der Waals surface area contributed by atoms with Crippen molar-refractivity contribution in [2.75, 3.05) is 0 Å². The third-order valence-electron chi connectivity index (χ3n) is 2.97. The molecule has 0 N–H and O–H groups in total. The number of halogens is 2. The number of benzene rings is 2. The Morgan fingerprint density at radius 3 is 2.70 bits per heavy atom. The van der Waals surface area contributed by atoms with Crippen molar-refractivity contribution in [3.63, 3.8) is 0 Å². The number of aromatic nitrogens is 1. The Kier molecular flexibility index (Phi) is 3.90. The molecule has 0 saturated heterocycles. The van der Waals surface area contributed by atoms with Crippen LogP contribution in [0.1, 0.15) is 5.56 Å². The van der Waals surface area contributed by atoms with Crippen molar-refractivity contribution in [3.8, 4) is 11.5 Å². The summed E-state index contributed by atoms with van der Waals surface area (Å²) >= 11 is 9.32. The van der Waals surface area contributed by atoms with E-state index < -0.39 is 0 Å². The van der Waals surface area contributed by atoms with E-state index in [4.69, 9.17) is 16.3 Å². The van der Waals surface area contributed by atoms with Crippen molar-refractivity contribution in [2.45, 2.75) is 5.88 Å². The number of alkyl halides is 1. The van der Waals surface area contributed by atoms with E-state index in [-0.39, 0.29) is 0 Å². The maximum atomic E-state index is 5.97. The highest BCUT2D eigenvalue weighted by atomic mass is 79.9. The van der Waals surface area contributed by atoms with Gasteiger partial charge in [0.05, 0.1) is 4.47 Å². The van der Waals surface area contributed by atoms with Crippen LogP contribution in [0.25, 0.3) is 10.9 Å². The molecule has 20 heavy (non-hydrogen) atoms. The number of fused-ring (bicyclic) bond motifs is 1. The molecule has 0 aliphatic carbocycles. The summed E-state index contributed by atoms with van der Waals surface area (Å²) in [4.78, 5) is 4.38. The van der Waals surface area contributed by atoms with E-state index in [1.165, 1.54) is 0 Å². The van der Waals surface area contributed by atoms with E-state index >= 15 is 0 Å². The maximum absolute atomic E-state index is 5.97. The molecule has 2 nitrogen and oxygen atoms in total. The van der Waals surface area contributed by atoms with Gasteiger partial charge in [-0.05, 0) is 45.8 Å². The Balaban J connectivity index is 2.01. The Hall–Kier alpha value is -1.58. The van der Waals surface area contributed by atoms with Crippen LogP contribution in [0.4, 0.5) is 0 Å². The smallest absolute Gasteiger partial charge is 0.153 e. The van der Waals surface area contributed by atoms with Crippen LogP contribution < -0.4 is 4.74 Å². The molecule has 0 unspecified atom stereocenters. The van der Waals surface area contributed by atoms with Crippen LogP contribution in [0.5, 0.6) is 11.5 Å². The van der Waals surface area contributed by atoms with Crippen molar-refractivity contribution in [3.05, 3.63) is 64.8 Å². The van der Waals surface area contributed by atoms with Crippen LogP contribution in [0.3, 0.4) is 0 Å².